The van der Waals surface area contributed by atoms with Gasteiger partial charge in [-0.15, -0.1) is 0 Å². The Bertz CT molecular complexity index is 3180. The van der Waals surface area contributed by atoms with E-state index in [0.29, 0.717) is 64.2 Å². The molecule has 3 fully saturated rings. The number of unbranched alkanes of at least 4 members (excludes halogenated alkanes) is 6. The molecule has 3 heterocycles. The van der Waals surface area contributed by atoms with Crippen molar-refractivity contribution in [2.45, 2.75) is 285 Å². The SMILES string of the molecule is CCC(OC(=O)CCC(=O)C[S-](=P)=S)C(=O)N(CCCNC(=O)CCCCCO[C@@H]1OC(COC(C)=O)[C@H](OC(C)=O)[C@H](C)C1NC(C)=O)CCCN(CCCNC(=O)CCCCCO[C@@H]1OC(COC(C)=O)[C@H](OC(C)=O)[C@H](C)C1NC(C)=O)C(=O)CCCCCO[C@@H]1OC(COC(C)=O)[C@H](OC(C)=O)[C@H](C)C1NC(C)=O. The first-order chi connectivity index (χ1) is 53.5. The summed E-state index contributed by atoms with van der Waals surface area (Å²) in [7, 11) is 2.47. The van der Waals surface area contributed by atoms with E-state index in [-0.39, 0.29) is 177 Å². The first kappa shape index (κ1) is 100. The van der Waals surface area contributed by atoms with Gasteiger partial charge in [-0.1, -0.05) is 52.7 Å². The molecule has 644 valence electrons. The van der Waals surface area contributed by atoms with Crippen molar-refractivity contribution >= 4 is 117 Å². The Balaban J connectivity index is 1.74. The number of nitrogens with one attached hydrogen (secondary N) is 5. The van der Waals surface area contributed by atoms with E-state index < -0.39 is 154 Å². The number of esters is 7. The van der Waals surface area contributed by atoms with Gasteiger partial charge in [-0.3, -0.25) is 86.3 Å². The zero-order chi connectivity index (χ0) is 84.3. The van der Waals surface area contributed by atoms with Crippen LogP contribution in [0.5, 0.6) is 0 Å². The molecule has 3 saturated heterocycles. The highest BCUT2D eigenvalue weighted by Gasteiger charge is 2.50. The molecule has 113 heavy (non-hydrogen) atoms. The first-order valence-electron chi connectivity index (χ1n) is 39.0. The lowest BCUT2D eigenvalue weighted by Crippen LogP contribution is -2.62. The molecule has 0 aromatic rings. The van der Waals surface area contributed by atoms with Crippen LogP contribution in [-0.4, -0.2) is 263 Å². The van der Waals surface area contributed by atoms with Crippen molar-refractivity contribution in [3.8, 4) is 0 Å². The second kappa shape index (κ2) is 54.7. The van der Waals surface area contributed by atoms with Gasteiger partial charge in [0.05, 0.1) is 24.5 Å². The largest absolute Gasteiger partial charge is 0.463 e. The Morgan fingerprint density at radius 2 is 0.779 bits per heavy atom. The third-order valence-electron chi connectivity index (χ3n) is 18.7. The third kappa shape index (κ3) is 40.3. The number of carbonyl (C=O) groups is 15. The zero-order valence-corrected chi connectivity index (χ0v) is 70.4. The highest BCUT2D eigenvalue weighted by atomic mass is 32.9. The molecule has 0 aromatic heterocycles. The number of ketones is 1. The molecule has 7 amide bonds. The summed E-state index contributed by atoms with van der Waals surface area (Å²) in [5.74, 6) is -8.29. The number of amides is 7. The molecular weight excluding hydrogens is 1540 g/mol. The van der Waals surface area contributed by atoms with Crippen molar-refractivity contribution in [2.24, 2.45) is 17.8 Å². The number of Topliss-reactive ketones (excluding diaryl/α,β-unsaturated/α-hetero) is 1. The lowest BCUT2D eigenvalue weighted by molar-refractivity contribution is -0.262. The molecule has 38 heteroatoms. The number of carbonyl (C=O) groups excluding carboxylic acids is 15. The van der Waals surface area contributed by atoms with Crippen molar-refractivity contribution in [1.29, 1.82) is 0 Å². The molecule has 35 nitrogen and oxygen atoms in total. The molecule has 3 rings (SSSR count). The second-order valence-electron chi connectivity index (χ2n) is 28.4. The lowest BCUT2D eigenvalue weighted by atomic mass is 9.88. The van der Waals surface area contributed by atoms with E-state index in [2.05, 4.69) is 34.6 Å². The smallest absolute Gasteiger partial charge is 0.307 e. The normalized spacial score (nSPS) is 23.5. The number of hydrogen-bond acceptors (Lipinski definition) is 30. The van der Waals surface area contributed by atoms with Crippen molar-refractivity contribution in [3.05, 3.63) is 0 Å². The van der Waals surface area contributed by atoms with Crippen LogP contribution in [0.1, 0.15) is 206 Å². The number of hydrogen-bond donors (Lipinski definition) is 5. The molecule has 0 bridgehead atoms. The van der Waals surface area contributed by atoms with E-state index in [1.807, 2.05) is 0 Å². The van der Waals surface area contributed by atoms with Crippen molar-refractivity contribution in [1.82, 2.24) is 36.4 Å². The molecule has 5 N–H and O–H groups in total. The molecule has 3 aliphatic rings. The van der Waals surface area contributed by atoms with E-state index in [1.165, 1.54) is 67.2 Å². The van der Waals surface area contributed by atoms with Crippen LogP contribution >= 0.6 is 8.02 Å². The fourth-order valence-corrected chi connectivity index (χ4v) is 14.5. The fourth-order valence-electron chi connectivity index (χ4n) is 13.2. The quantitative estimate of drug-likeness (QED) is 0.0191. The predicted molar refractivity (Wildman–Crippen MR) is 411 cm³/mol. The Kier molecular flexibility index (Phi) is 48.4. The molecular formula is C75H123N7O28PS2-. The van der Waals surface area contributed by atoms with Gasteiger partial charge < -0.3 is 111 Å². The Hall–Kier alpha value is -7.12. The summed E-state index contributed by atoms with van der Waals surface area (Å²) < 4.78 is 74.7. The molecule has 0 saturated carbocycles. The molecule has 0 aliphatic carbocycles. The summed E-state index contributed by atoms with van der Waals surface area (Å²) >= 11 is 5.09. The summed E-state index contributed by atoms with van der Waals surface area (Å²) in [6.45, 7) is 19.1. The fraction of sp³-hybridized carbons (Fsp3) is 0.800. The van der Waals surface area contributed by atoms with E-state index >= 15 is 0 Å². The molecule has 7 unspecified atom stereocenters. The first-order valence-corrected chi connectivity index (χ1v) is 42.5. The summed E-state index contributed by atoms with van der Waals surface area (Å²) in [5.41, 5.74) is 0. The maximum Gasteiger partial charge on any atom is 0.307 e. The van der Waals surface area contributed by atoms with Gasteiger partial charge in [0, 0.05) is 165 Å². The minimum absolute atomic E-state index is 0.0416. The van der Waals surface area contributed by atoms with Crippen LogP contribution in [-0.2, 0) is 153 Å². The van der Waals surface area contributed by atoms with E-state index in [1.54, 1.807) is 32.6 Å². The highest BCUT2D eigenvalue weighted by Crippen LogP contribution is 2.33. The standard InChI is InChI=1S/C75H123N7O28PS2/c1-14-58(107-65(96)31-30-57(92)44-113(111)112)72(97)82(35-25-33-77-63(94)28-19-16-22-39-99-74-67(79-49(6)84)46(3)70(105-55(12)90)60(109-74)42-102-52(9)87)37-26-36-81(64(95)29-20-17-23-40-100-75-68(80-50(7)85)47(4)71(106-56(13)91)61(110-75)43-103-53(10)88)34-24-32-76-62(93)27-18-15-21-38-98-73-66(78-48(5)83)45(2)69(104-54(11)89)59(108-73)41-101-51(8)86/h45-47,58-61,66-71,73-75,111H,14-44H2,1-13H3,(H,76,93)(H,77,94)(H,78,83)(H,79,84)(H,80,85)/q-1/t45-,46-,47-,58?,59?,60?,61?,66?,67?,68?,69-,70-,71-,73-,74-,75-/m1/s1. The van der Waals surface area contributed by atoms with Crippen molar-refractivity contribution in [3.63, 3.8) is 0 Å². The van der Waals surface area contributed by atoms with Crippen LogP contribution in [0, 0.1) is 17.8 Å². The van der Waals surface area contributed by atoms with Crippen LogP contribution in [0.4, 0.5) is 0 Å². The maximum atomic E-state index is 14.5. The summed E-state index contributed by atoms with van der Waals surface area (Å²) in [6, 6.07) is -2.19. The van der Waals surface area contributed by atoms with Gasteiger partial charge in [0.1, 0.15) is 62.2 Å². The minimum atomic E-state index is -1.23. The molecule has 0 radical (unpaired) electrons. The Morgan fingerprint density at radius 3 is 1.12 bits per heavy atom. The summed E-state index contributed by atoms with van der Waals surface area (Å²) in [5, 5.41) is 14.3. The van der Waals surface area contributed by atoms with Gasteiger partial charge in [-0.05, 0) is 64.2 Å². The molecule has 3 aliphatic heterocycles. The maximum absolute atomic E-state index is 14.5. The number of nitrogens with zero attached hydrogens (tertiary/aromatic N) is 2. The second-order valence-corrected chi connectivity index (χ2v) is 33.0. The van der Waals surface area contributed by atoms with E-state index in [0.717, 1.165) is 0 Å². The molecule has 16 atom stereocenters. The zero-order valence-electron chi connectivity index (χ0n) is 67.8. The van der Waals surface area contributed by atoms with Crippen molar-refractivity contribution < 1.29 is 133 Å². The molecule has 0 aromatic carbocycles. The van der Waals surface area contributed by atoms with Crippen LogP contribution in [0.2, 0.25) is 0 Å². The van der Waals surface area contributed by atoms with E-state index in [9.17, 15) is 71.9 Å². The van der Waals surface area contributed by atoms with Crippen LogP contribution in [0.15, 0.2) is 0 Å². The van der Waals surface area contributed by atoms with Crippen LogP contribution in [0.3, 0.4) is 0 Å². The van der Waals surface area contributed by atoms with Gasteiger partial charge in [0.15, 0.2) is 25.0 Å². The lowest BCUT2D eigenvalue weighted by Gasteiger charge is -2.44. The Labute approximate surface area is 671 Å². The Morgan fingerprint density at radius 1 is 0.434 bits per heavy atom. The number of rotatable bonds is 53. The van der Waals surface area contributed by atoms with Gasteiger partial charge in [-0.25, -0.2) is 0 Å². The topological polar surface area (TPSA) is 443 Å². The molecule has 0 spiro atoms. The third-order valence-corrected chi connectivity index (χ3v) is 20.1. The van der Waals surface area contributed by atoms with Crippen LogP contribution < -0.4 is 26.6 Å². The van der Waals surface area contributed by atoms with E-state index in [4.69, 9.17) is 72.8 Å². The van der Waals surface area contributed by atoms with Crippen LogP contribution in [0.25, 0.3) is 0 Å². The summed E-state index contributed by atoms with van der Waals surface area (Å²) in [6.07, 6.45) is -4.00. The monoisotopic (exact) mass is 1660 g/mol. The minimum Gasteiger partial charge on any atom is -0.463 e. The van der Waals surface area contributed by atoms with Gasteiger partial charge in [0.2, 0.25) is 35.4 Å². The number of ether oxygens (including phenoxy) is 13. The average Bonchev–Trinajstić information content (AvgIpc) is 0.807. The summed E-state index contributed by atoms with van der Waals surface area (Å²) in [4.78, 5) is 192. The van der Waals surface area contributed by atoms with Gasteiger partial charge in [-0.2, -0.15) is 0 Å². The van der Waals surface area contributed by atoms with Gasteiger partial charge >= 0.3 is 41.8 Å². The predicted octanol–water partition coefficient (Wildman–Crippen LogP) is 3.67. The van der Waals surface area contributed by atoms with Crippen molar-refractivity contribution in [2.75, 3.05) is 84.7 Å². The highest BCUT2D eigenvalue weighted by molar-refractivity contribution is 8.39. The van der Waals surface area contributed by atoms with Gasteiger partial charge in [0.25, 0.3) is 5.91 Å². The average molecular weight is 1670 g/mol.